The molecule has 0 amide bonds. The molecule has 1 aliphatic heterocycles. The van der Waals surface area contributed by atoms with Gasteiger partial charge in [0.25, 0.3) is 0 Å². The van der Waals surface area contributed by atoms with Crippen molar-refractivity contribution in [2.75, 3.05) is 32.4 Å². The Morgan fingerprint density at radius 1 is 1.37 bits per heavy atom. The molecular formula is C14H30N2O2S. The fraction of sp³-hybridized carbons (Fsp3) is 1.00. The molecule has 0 aromatic heterocycles. The van der Waals surface area contributed by atoms with Gasteiger partial charge in [0.2, 0.25) is 10.0 Å². The lowest BCUT2D eigenvalue weighted by Crippen LogP contribution is -2.40. The van der Waals surface area contributed by atoms with Gasteiger partial charge in [-0.2, -0.15) is 0 Å². The zero-order valence-electron chi connectivity index (χ0n) is 12.9. The van der Waals surface area contributed by atoms with E-state index in [2.05, 4.69) is 26.1 Å². The Kier molecular flexibility index (Phi) is 6.77. The monoisotopic (exact) mass is 290 g/mol. The highest BCUT2D eigenvalue weighted by Crippen LogP contribution is 2.27. The van der Waals surface area contributed by atoms with E-state index in [0.29, 0.717) is 30.8 Å². The Hall–Kier alpha value is -0.130. The maximum Gasteiger partial charge on any atom is 0.211 e. The van der Waals surface area contributed by atoms with E-state index in [4.69, 9.17) is 0 Å². The molecule has 0 aromatic carbocycles. The summed E-state index contributed by atoms with van der Waals surface area (Å²) in [5, 5.41) is 3.43. The third kappa shape index (κ3) is 5.79. The van der Waals surface area contributed by atoms with Crippen LogP contribution in [-0.4, -0.2) is 45.2 Å². The molecule has 0 saturated carbocycles. The van der Waals surface area contributed by atoms with Gasteiger partial charge in [-0.25, -0.2) is 12.7 Å². The van der Waals surface area contributed by atoms with E-state index in [-0.39, 0.29) is 0 Å². The van der Waals surface area contributed by atoms with Gasteiger partial charge in [0.15, 0.2) is 0 Å². The molecule has 1 rings (SSSR count). The van der Waals surface area contributed by atoms with Crippen LogP contribution < -0.4 is 5.32 Å². The van der Waals surface area contributed by atoms with Gasteiger partial charge in [-0.3, -0.25) is 0 Å². The molecule has 1 N–H and O–H groups in total. The lowest BCUT2D eigenvalue weighted by Gasteiger charge is -2.34. The van der Waals surface area contributed by atoms with E-state index < -0.39 is 10.0 Å². The average molecular weight is 290 g/mol. The first-order valence-corrected chi connectivity index (χ1v) is 9.35. The summed E-state index contributed by atoms with van der Waals surface area (Å²) in [6.45, 7) is 10.1. The van der Waals surface area contributed by atoms with E-state index in [1.165, 1.54) is 12.7 Å². The van der Waals surface area contributed by atoms with E-state index in [9.17, 15) is 8.42 Å². The van der Waals surface area contributed by atoms with Crippen LogP contribution in [0.5, 0.6) is 0 Å². The predicted molar refractivity (Wildman–Crippen MR) is 80.6 cm³/mol. The number of rotatable bonds is 7. The highest BCUT2D eigenvalue weighted by atomic mass is 32.2. The minimum absolute atomic E-state index is 0.523. The van der Waals surface area contributed by atoms with Crippen molar-refractivity contribution in [3.8, 4) is 0 Å². The number of sulfonamides is 1. The van der Waals surface area contributed by atoms with E-state index in [1.54, 1.807) is 4.31 Å². The highest BCUT2D eigenvalue weighted by Gasteiger charge is 2.28. The molecule has 1 saturated heterocycles. The molecular weight excluding hydrogens is 260 g/mol. The van der Waals surface area contributed by atoms with Crippen molar-refractivity contribution in [1.82, 2.24) is 9.62 Å². The van der Waals surface area contributed by atoms with Gasteiger partial charge >= 0.3 is 0 Å². The summed E-state index contributed by atoms with van der Waals surface area (Å²) in [4.78, 5) is 0. The molecule has 0 spiro atoms. The molecule has 19 heavy (non-hydrogen) atoms. The van der Waals surface area contributed by atoms with Gasteiger partial charge in [-0.1, -0.05) is 20.8 Å². The fourth-order valence-electron chi connectivity index (χ4n) is 2.87. The summed E-state index contributed by atoms with van der Waals surface area (Å²) in [6, 6.07) is 0. The van der Waals surface area contributed by atoms with Gasteiger partial charge in [0, 0.05) is 13.1 Å². The first-order chi connectivity index (χ1) is 8.84. The summed E-state index contributed by atoms with van der Waals surface area (Å²) in [5.74, 6) is 1.81. The Balaban J connectivity index is 2.54. The van der Waals surface area contributed by atoms with Crippen molar-refractivity contribution in [3.05, 3.63) is 0 Å². The summed E-state index contributed by atoms with van der Waals surface area (Å²) in [5.41, 5.74) is 0. The standard InChI is InChI=1S/C14H30N2O2S/c1-5-15-10-14(12(2)3)9-13-7-6-8-16(11-13)19(4,17)18/h12-15H,5-11H2,1-4H3. The third-order valence-electron chi connectivity index (χ3n) is 4.19. The third-order valence-corrected chi connectivity index (χ3v) is 5.46. The SMILES string of the molecule is CCNCC(CC1CCCN(S(C)(=O)=O)C1)C(C)C. The zero-order chi connectivity index (χ0) is 14.5. The van der Waals surface area contributed by atoms with Crippen molar-refractivity contribution in [1.29, 1.82) is 0 Å². The molecule has 0 aromatic rings. The van der Waals surface area contributed by atoms with Crippen molar-refractivity contribution in [2.24, 2.45) is 17.8 Å². The Morgan fingerprint density at radius 2 is 2.05 bits per heavy atom. The van der Waals surface area contributed by atoms with Gasteiger partial charge in [0.05, 0.1) is 6.26 Å². The number of nitrogens with zero attached hydrogens (tertiary/aromatic N) is 1. The van der Waals surface area contributed by atoms with Crippen LogP contribution in [0.2, 0.25) is 0 Å². The lowest BCUT2D eigenvalue weighted by atomic mass is 9.83. The topological polar surface area (TPSA) is 49.4 Å². The van der Waals surface area contributed by atoms with Crippen molar-refractivity contribution in [3.63, 3.8) is 0 Å². The summed E-state index contributed by atoms with van der Waals surface area (Å²) < 4.78 is 24.9. The first-order valence-electron chi connectivity index (χ1n) is 7.50. The lowest BCUT2D eigenvalue weighted by molar-refractivity contribution is 0.206. The molecule has 0 radical (unpaired) electrons. The van der Waals surface area contributed by atoms with E-state index >= 15 is 0 Å². The van der Waals surface area contributed by atoms with E-state index in [0.717, 1.165) is 25.9 Å². The Labute approximate surface area is 119 Å². The van der Waals surface area contributed by atoms with Crippen LogP contribution in [0.4, 0.5) is 0 Å². The van der Waals surface area contributed by atoms with Gasteiger partial charge in [-0.05, 0) is 50.1 Å². The number of hydrogen-bond donors (Lipinski definition) is 1. The Morgan fingerprint density at radius 3 is 2.58 bits per heavy atom. The Bertz CT molecular complexity index is 354. The van der Waals surface area contributed by atoms with Crippen LogP contribution in [0.1, 0.15) is 40.0 Å². The normalized spacial score (nSPS) is 23.7. The van der Waals surface area contributed by atoms with Crippen molar-refractivity contribution < 1.29 is 8.42 Å². The minimum Gasteiger partial charge on any atom is -0.317 e. The molecule has 0 bridgehead atoms. The maximum atomic E-state index is 11.6. The van der Waals surface area contributed by atoms with Crippen molar-refractivity contribution in [2.45, 2.75) is 40.0 Å². The fourth-order valence-corrected chi connectivity index (χ4v) is 3.81. The molecule has 2 atom stereocenters. The van der Waals surface area contributed by atoms with E-state index in [1.807, 2.05) is 0 Å². The smallest absolute Gasteiger partial charge is 0.211 e. The summed E-state index contributed by atoms with van der Waals surface area (Å²) in [7, 11) is -3.01. The predicted octanol–water partition coefficient (Wildman–Crippen LogP) is 1.93. The number of hydrogen-bond acceptors (Lipinski definition) is 3. The van der Waals surface area contributed by atoms with Gasteiger partial charge in [-0.15, -0.1) is 0 Å². The molecule has 1 aliphatic rings. The van der Waals surface area contributed by atoms with Crippen LogP contribution in [0.25, 0.3) is 0 Å². The van der Waals surface area contributed by atoms with Crippen LogP contribution >= 0.6 is 0 Å². The number of piperidine rings is 1. The van der Waals surface area contributed by atoms with Gasteiger partial charge < -0.3 is 5.32 Å². The highest BCUT2D eigenvalue weighted by molar-refractivity contribution is 7.88. The second kappa shape index (κ2) is 7.60. The quantitative estimate of drug-likeness (QED) is 0.779. The second-order valence-electron chi connectivity index (χ2n) is 6.18. The molecule has 2 unspecified atom stereocenters. The van der Waals surface area contributed by atoms with Crippen LogP contribution in [0, 0.1) is 17.8 Å². The van der Waals surface area contributed by atoms with Crippen molar-refractivity contribution >= 4 is 10.0 Å². The molecule has 1 fully saturated rings. The minimum atomic E-state index is -3.01. The zero-order valence-corrected chi connectivity index (χ0v) is 13.7. The number of nitrogens with one attached hydrogen (secondary N) is 1. The van der Waals surface area contributed by atoms with Crippen LogP contribution in [0.3, 0.4) is 0 Å². The summed E-state index contributed by atoms with van der Waals surface area (Å²) >= 11 is 0. The maximum absolute atomic E-state index is 11.6. The second-order valence-corrected chi connectivity index (χ2v) is 8.16. The van der Waals surface area contributed by atoms with Gasteiger partial charge in [0.1, 0.15) is 0 Å². The van der Waals surface area contributed by atoms with Crippen LogP contribution in [0.15, 0.2) is 0 Å². The summed E-state index contributed by atoms with van der Waals surface area (Å²) in [6.07, 6.45) is 4.63. The average Bonchev–Trinajstić information content (AvgIpc) is 2.33. The molecule has 114 valence electrons. The molecule has 4 nitrogen and oxygen atoms in total. The molecule has 1 heterocycles. The largest absolute Gasteiger partial charge is 0.317 e. The molecule has 0 aliphatic carbocycles. The van der Waals surface area contributed by atoms with Crippen LogP contribution in [-0.2, 0) is 10.0 Å². The molecule has 5 heteroatoms. The first kappa shape index (κ1) is 16.9.